The summed E-state index contributed by atoms with van der Waals surface area (Å²) >= 11 is 0. The Balaban J connectivity index is 4.11. The molecular formula is C64H123N2O6P. The Labute approximate surface area is 454 Å². The molecule has 0 aromatic rings. The molecule has 2 N–H and O–H groups in total. The highest BCUT2D eigenvalue weighted by Crippen LogP contribution is 2.38. The van der Waals surface area contributed by atoms with Crippen molar-refractivity contribution in [1.82, 2.24) is 5.32 Å². The van der Waals surface area contributed by atoms with Crippen molar-refractivity contribution in [1.29, 1.82) is 0 Å². The van der Waals surface area contributed by atoms with Gasteiger partial charge in [-0.1, -0.05) is 274 Å². The van der Waals surface area contributed by atoms with Gasteiger partial charge in [-0.2, -0.15) is 0 Å². The van der Waals surface area contributed by atoms with Crippen LogP contribution < -0.4 is 10.2 Å². The lowest BCUT2D eigenvalue weighted by Crippen LogP contribution is -2.45. The fraction of sp³-hybridized carbons (Fsp3) is 0.859. The first-order chi connectivity index (χ1) is 35.5. The molecule has 0 fully saturated rings. The Morgan fingerprint density at radius 2 is 0.767 bits per heavy atom. The van der Waals surface area contributed by atoms with E-state index in [9.17, 15) is 19.4 Å². The number of aliphatic hydroxyl groups excluding tert-OH is 1. The van der Waals surface area contributed by atoms with Crippen LogP contribution in [0.1, 0.15) is 303 Å². The number of nitrogens with one attached hydrogen (secondary N) is 1. The van der Waals surface area contributed by atoms with Crippen LogP contribution in [0.2, 0.25) is 0 Å². The minimum atomic E-state index is -4.61. The summed E-state index contributed by atoms with van der Waals surface area (Å²) in [6.07, 6.45) is 73.6. The van der Waals surface area contributed by atoms with Gasteiger partial charge in [0.05, 0.1) is 39.9 Å². The van der Waals surface area contributed by atoms with Crippen molar-refractivity contribution in [3.63, 3.8) is 0 Å². The van der Waals surface area contributed by atoms with Crippen molar-refractivity contribution in [2.75, 3.05) is 40.9 Å². The second-order valence-corrected chi connectivity index (χ2v) is 24.2. The Hall–Kier alpha value is -1.54. The van der Waals surface area contributed by atoms with Gasteiger partial charge in [-0.15, -0.1) is 0 Å². The molecule has 0 saturated heterocycles. The van der Waals surface area contributed by atoms with Gasteiger partial charge in [0, 0.05) is 6.42 Å². The van der Waals surface area contributed by atoms with Crippen LogP contribution in [0.5, 0.6) is 0 Å². The average molecular weight is 1050 g/mol. The lowest BCUT2D eigenvalue weighted by Gasteiger charge is -2.29. The van der Waals surface area contributed by atoms with E-state index in [0.717, 1.165) is 44.9 Å². The van der Waals surface area contributed by atoms with Crippen LogP contribution in [-0.4, -0.2) is 68.5 Å². The molecule has 8 nitrogen and oxygen atoms in total. The van der Waals surface area contributed by atoms with Crippen molar-refractivity contribution in [3.8, 4) is 0 Å². The van der Waals surface area contributed by atoms with E-state index in [1.54, 1.807) is 6.08 Å². The molecule has 0 saturated carbocycles. The van der Waals surface area contributed by atoms with Crippen molar-refractivity contribution in [2.45, 2.75) is 315 Å². The molecule has 0 aliphatic carbocycles. The number of phosphoric ester groups is 1. The van der Waals surface area contributed by atoms with Gasteiger partial charge in [0.1, 0.15) is 13.2 Å². The molecule has 0 spiro atoms. The van der Waals surface area contributed by atoms with Gasteiger partial charge in [-0.3, -0.25) is 9.36 Å². The van der Waals surface area contributed by atoms with E-state index >= 15 is 0 Å². The molecule has 0 heterocycles. The Morgan fingerprint density at radius 1 is 0.466 bits per heavy atom. The van der Waals surface area contributed by atoms with Crippen LogP contribution in [0.3, 0.4) is 0 Å². The van der Waals surface area contributed by atoms with E-state index in [2.05, 4.69) is 55.6 Å². The molecule has 3 unspecified atom stereocenters. The molecule has 73 heavy (non-hydrogen) atoms. The van der Waals surface area contributed by atoms with E-state index in [1.165, 1.54) is 238 Å². The number of carbonyl (C=O) groups is 1. The summed E-state index contributed by atoms with van der Waals surface area (Å²) in [6.45, 7) is 4.65. The molecule has 0 radical (unpaired) electrons. The fourth-order valence-electron chi connectivity index (χ4n) is 9.30. The smallest absolute Gasteiger partial charge is 0.268 e. The summed E-state index contributed by atoms with van der Waals surface area (Å²) in [7, 11) is 1.24. The number of carbonyl (C=O) groups excluding carboxylic acids is 1. The zero-order valence-corrected chi connectivity index (χ0v) is 50.0. The molecule has 3 atom stereocenters. The number of hydrogen-bond acceptors (Lipinski definition) is 6. The lowest BCUT2D eigenvalue weighted by molar-refractivity contribution is -0.870. The monoisotopic (exact) mass is 1050 g/mol. The first-order valence-corrected chi connectivity index (χ1v) is 33.0. The van der Waals surface area contributed by atoms with Crippen molar-refractivity contribution in [2.24, 2.45) is 0 Å². The Kier molecular flexibility index (Phi) is 54.1. The van der Waals surface area contributed by atoms with Crippen LogP contribution in [0.15, 0.2) is 48.6 Å². The topological polar surface area (TPSA) is 108 Å². The van der Waals surface area contributed by atoms with Gasteiger partial charge in [0.15, 0.2) is 0 Å². The number of unbranched alkanes of at least 4 members (excludes halogenated alkanes) is 39. The second-order valence-electron chi connectivity index (χ2n) is 22.7. The van der Waals surface area contributed by atoms with Crippen LogP contribution in [-0.2, 0) is 18.4 Å². The van der Waals surface area contributed by atoms with E-state index < -0.39 is 26.6 Å². The normalized spacial score (nSPS) is 14.1. The number of phosphoric acid groups is 1. The maximum atomic E-state index is 13.0. The lowest BCUT2D eigenvalue weighted by atomic mass is 10.0. The van der Waals surface area contributed by atoms with Crippen LogP contribution in [0.25, 0.3) is 0 Å². The van der Waals surface area contributed by atoms with Crippen LogP contribution >= 0.6 is 7.82 Å². The van der Waals surface area contributed by atoms with E-state index in [0.29, 0.717) is 17.4 Å². The van der Waals surface area contributed by atoms with Gasteiger partial charge in [0.2, 0.25) is 5.91 Å². The number of aliphatic hydroxyl groups is 1. The second kappa shape index (κ2) is 55.2. The molecule has 430 valence electrons. The van der Waals surface area contributed by atoms with Crippen molar-refractivity contribution in [3.05, 3.63) is 48.6 Å². The van der Waals surface area contributed by atoms with E-state index in [-0.39, 0.29) is 12.5 Å². The molecule has 0 bridgehead atoms. The summed E-state index contributed by atoms with van der Waals surface area (Å²) < 4.78 is 23.4. The van der Waals surface area contributed by atoms with Crippen molar-refractivity contribution < 1.29 is 32.9 Å². The molecule has 0 aromatic heterocycles. The molecule has 0 rings (SSSR count). The zero-order chi connectivity index (χ0) is 53.5. The third kappa shape index (κ3) is 58.0. The predicted molar refractivity (Wildman–Crippen MR) is 316 cm³/mol. The fourth-order valence-corrected chi connectivity index (χ4v) is 10.0. The van der Waals surface area contributed by atoms with Gasteiger partial charge < -0.3 is 28.8 Å². The number of likely N-dealkylation sites (N-methyl/N-ethyl adjacent to an activating group) is 1. The SMILES string of the molecule is CCCCCCCCCCC/C=C/CC/C=C/CC/C=C/C(O)C(COP(=O)([O-])OCC[N+](C)(C)C)NC(=O)CCCCCCCCCCCCCCCCCC/C=C\CCCCCCCCCCCCCC. The molecule has 9 heteroatoms. The molecule has 1 amide bonds. The first-order valence-electron chi connectivity index (χ1n) is 31.5. The minimum Gasteiger partial charge on any atom is -0.756 e. The first kappa shape index (κ1) is 71.5. The summed E-state index contributed by atoms with van der Waals surface area (Å²) in [6, 6.07) is -0.910. The Morgan fingerprint density at radius 3 is 1.11 bits per heavy atom. The minimum absolute atomic E-state index is 0.00863. The summed E-state index contributed by atoms with van der Waals surface area (Å²) in [5.74, 6) is -0.208. The molecule has 0 aromatic carbocycles. The Bertz CT molecular complexity index is 1330. The number of hydrogen-bond donors (Lipinski definition) is 2. The highest BCUT2D eigenvalue weighted by atomic mass is 31.2. The summed E-state index contributed by atoms with van der Waals surface area (Å²) in [5.41, 5.74) is 0. The molecule has 0 aliphatic rings. The zero-order valence-electron chi connectivity index (χ0n) is 49.1. The van der Waals surface area contributed by atoms with Crippen LogP contribution in [0.4, 0.5) is 0 Å². The van der Waals surface area contributed by atoms with E-state index in [4.69, 9.17) is 9.05 Å². The number of rotatable bonds is 58. The maximum absolute atomic E-state index is 13.0. The van der Waals surface area contributed by atoms with Gasteiger partial charge >= 0.3 is 0 Å². The highest BCUT2D eigenvalue weighted by molar-refractivity contribution is 7.45. The van der Waals surface area contributed by atoms with Gasteiger partial charge in [-0.25, -0.2) is 0 Å². The number of nitrogens with zero attached hydrogens (tertiary/aromatic N) is 1. The third-order valence-electron chi connectivity index (χ3n) is 14.2. The number of quaternary nitrogens is 1. The largest absolute Gasteiger partial charge is 0.756 e. The molecule has 0 aliphatic heterocycles. The summed E-state index contributed by atoms with van der Waals surface area (Å²) in [4.78, 5) is 25.5. The molecular weight excluding hydrogens is 924 g/mol. The van der Waals surface area contributed by atoms with Gasteiger partial charge in [-0.05, 0) is 70.6 Å². The third-order valence-corrected chi connectivity index (χ3v) is 15.2. The quantitative estimate of drug-likeness (QED) is 0.0272. The average Bonchev–Trinajstić information content (AvgIpc) is 3.35. The van der Waals surface area contributed by atoms with E-state index in [1.807, 2.05) is 27.2 Å². The van der Waals surface area contributed by atoms with Crippen molar-refractivity contribution >= 4 is 13.7 Å². The standard InChI is InChI=1S/C64H123N2O6P/c1-6-8-10-12-14-16-18-20-22-24-26-27-28-29-30-31-32-33-34-35-36-37-38-40-42-44-46-48-50-52-54-56-58-64(68)65-62(61-72-73(69,70)71-60-59-66(3,4)5)63(67)57-55-53-51-49-47-45-43-41-39-25-23-21-19-17-15-13-11-9-7-2/h29-30,39,41,47,49,55,57,62-63,67H,6-28,31-38,40,42-46,48,50-54,56,58-61H2,1-5H3,(H-,65,68,69,70)/b30-29-,41-39+,49-47+,57-55+. The highest BCUT2D eigenvalue weighted by Gasteiger charge is 2.23. The number of allylic oxidation sites excluding steroid dienone is 7. The maximum Gasteiger partial charge on any atom is 0.268 e. The van der Waals surface area contributed by atoms with Crippen LogP contribution in [0, 0.1) is 0 Å². The predicted octanol–water partition coefficient (Wildman–Crippen LogP) is 18.9. The van der Waals surface area contributed by atoms with Gasteiger partial charge in [0.25, 0.3) is 7.82 Å². The number of amides is 1. The summed E-state index contributed by atoms with van der Waals surface area (Å²) in [5, 5.41) is 13.9.